The molecule has 132 valence electrons. The molecule has 0 aromatic heterocycles. The van der Waals surface area contributed by atoms with E-state index in [0.29, 0.717) is 23.4 Å². The summed E-state index contributed by atoms with van der Waals surface area (Å²) in [4.78, 5) is 23.6. The highest BCUT2D eigenvalue weighted by Gasteiger charge is 2.13. The first-order chi connectivity index (χ1) is 12.0. The van der Waals surface area contributed by atoms with Crippen LogP contribution in [0.1, 0.15) is 30.6 Å². The number of carbonyl (C=O) groups excluding carboxylic acids is 2. The number of halogens is 1. The van der Waals surface area contributed by atoms with Crippen LogP contribution >= 0.6 is 0 Å². The molecule has 1 amide bonds. The lowest BCUT2D eigenvalue weighted by Gasteiger charge is -2.15. The Kier molecular flexibility index (Phi) is 6.51. The van der Waals surface area contributed by atoms with Crippen molar-refractivity contribution in [2.75, 3.05) is 11.9 Å². The molecular formula is C19H20FNO4. The van der Waals surface area contributed by atoms with E-state index in [1.807, 2.05) is 0 Å². The summed E-state index contributed by atoms with van der Waals surface area (Å²) in [6, 6.07) is 12.3. The number of nitrogens with one attached hydrogen (secondary N) is 1. The first-order valence-corrected chi connectivity index (χ1v) is 7.97. The summed E-state index contributed by atoms with van der Waals surface area (Å²) in [7, 11) is 0. The maximum Gasteiger partial charge on any atom is 0.338 e. The van der Waals surface area contributed by atoms with Crippen LogP contribution in [0, 0.1) is 5.82 Å². The van der Waals surface area contributed by atoms with E-state index in [9.17, 15) is 14.0 Å². The molecule has 0 bridgehead atoms. The van der Waals surface area contributed by atoms with Crippen LogP contribution < -0.4 is 10.1 Å². The SMILES string of the molecule is CCC(=O)Nc1cccc(C(=O)OC(C)COc2cccc(F)c2)c1. The largest absolute Gasteiger partial charge is 0.490 e. The molecule has 0 aliphatic rings. The van der Waals surface area contributed by atoms with E-state index in [-0.39, 0.29) is 12.5 Å². The smallest absolute Gasteiger partial charge is 0.338 e. The van der Waals surface area contributed by atoms with Gasteiger partial charge in [0, 0.05) is 18.2 Å². The highest BCUT2D eigenvalue weighted by Crippen LogP contribution is 2.15. The molecule has 0 saturated heterocycles. The van der Waals surface area contributed by atoms with Crippen molar-refractivity contribution in [3.63, 3.8) is 0 Å². The van der Waals surface area contributed by atoms with Gasteiger partial charge in [-0.3, -0.25) is 4.79 Å². The van der Waals surface area contributed by atoms with Crippen molar-refractivity contribution >= 4 is 17.6 Å². The molecule has 0 aliphatic carbocycles. The fourth-order valence-electron chi connectivity index (χ4n) is 2.03. The standard InChI is InChI=1S/C19H20FNO4/c1-3-18(22)21-16-8-4-6-14(10-16)19(23)25-13(2)12-24-17-9-5-7-15(20)11-17/h4-11,13H,3,12H2,1-2H3,(H,21,22). The van der Waals surface area contributed by atoms with Crippen molar-refractivity contribution < 1.29 is 23.5 Å². The van der Waals surface area contributed by atoms with Crippen LogP contribution in [0.25, 0.3) is 0 Å². The minimum atomic E-state index is -0.525. The van der Waals surface area contributed by atoms with Gasteiger partial charge in [0.15, 0.2) is 0 Å². The van der Waals surface area contributed by atoms with Gasteiger partial charge in [-0.15, -0.1) is 0 Å². The third-order valence-electron chi connectivity index (χ3n) is 3.29. The summed E-state index contributed by atoms with van der Waals surface area (Å²) in [5, 5.41) is 2.69. The Balaban J connectivity index is 1.90. The van der Waals surface area contributed by atoms with Crippen molar-refractivity contribution in [1.29, 1.82) is 0 Å². The number of amides is 1. The summed E-state index contributed by atoms with van der Waals surface area (Å²) in [6.45, 7) is 3.52. The quantitative estimate of drug-likeness (QED) is 0.775. The Bertz CT molecular complexity index is 748. The van der Waals surface area contributed by atoms with E-state index >= 15 is 0 Å². The van der Waals surface area contributed by atoms with Crippen molar-refractivity contribution in [3.05, 3.63) is 59.9 Å². The van der Waals surface area contributed by atoms with E-state index in [2.05, 4.69) is 5.32 Å². The molecule has 0 heterocycles. The molecule has 0 saturated carbocycles. The molecular weight excluding hydrogens is 325 g/mol. The number of carbonyl (C=O) groups is 2. The van der Waals surface area contributed by atoms with Crippen molar-refractivity contribution in [2.45, 2.75) is 26.4 Å². The Labute approximate surface area is 145 Å². The molecule has 2 aromatic carbocycles. The van der Waals surface area contributed by atoms with Crippen LogP contribution in [-0.2, 0) is 9.53 Å². The Hall–Kier alpha value is -2.89. The van der Waals surface area contributed by atoms with Crippen LogP contribution in [-0.4, -0.2) is 24.6 Å². The number of ether oxygens (including phenoxy) is 2. The average molecular weight is 345 g/mol. The van der Waals surface area contributed by atoms with Crippen molar-refractivity contribution in [2.24, 2.45) is 0 Å². The van der Waals surface area contributed by atoms with Gasteiger partial charge in [0.1, 0.15) is 24.3 Å². The van der Waals surface area contributed by atoms with E-state index in [0.717, 1.165) is 0 Å². The van der Waals surface area contributed by atoms with Crippen LogP contribution in [0.3, 0.4) is 0 Å². The second-order valence-electron chi connectivity index (χ2n) is 5.47. The summed E-state index contributed by atoms with van der Waals surface area (Å²) in [6.07, 6.45) is -0.173. The van der Waals surface area contributed by atoms with E-state index in [4.69, 9.17) is 9.47 Å². The van der Waals surface area contributed by atoms with Gasteiger partial charge in [0.25, 0.3) is 0 Å². The lowest BCUT2D eigenvalue weighted by Crippen LogP contribution is -2.22. The zero-order valence-corrected chi connectivity index (χ0v) is 14.1. The fraction of sp³-hybridized carbons (Fsp3) is 0.263. The third kappa shape index (κ3) is 5.91. The van der Waals surface area contributed by atoms with E-state index in [1.165, 1.54) is 18.2 Å². The molecule has 2 aromatic rings. The number of anilines is 1. The Morgan fingerprint density at radius 1 is 1.16 bits per heavy atom. The van der Waals surface area contributed by atoms with E-state index in [1.54, 1.807) is 44.2 Å². The zero-order valence-electron chi connectivity index (χ0n) is 14.1. The predicted octanol–water partition coefficient (Wildman–Crippen LogP) is 3.80. The highest BCUT2D eigenvalue weighted by atomic mass is 19.1. The topological polar surface area (TPSA) is 64.6 Å². The monoisotopic (exact) mass is 345 g/mol. The van der Waals surface area contributed by atoms with Gasteiger partial charge in [-0.1, -0.05) is 19.1 Å². The number of esters is 1. The molecule has 0 fully saturated rings. The van der Waals surface area contributed by atoms with E-state index < -0.39 is 17.9 Å². The molecule has 0 aliphatic heterocycles. The minimum Gasteiger partial charge on any atom is -0.490 e. The number of benzene rings is 2. The summed E-state index contributed by atoms with van der Waals surface area (Å²) in [5.74, 6) is -0.689. The van der Waals surface area contributed by atoms with Crippen LogP contribution in [0.2, 0.25) is 0 Å². The molecule has 1 unspecified atom stereocenters. The van der Waals surface area contributed by atoms with Gasteiger partial charge in [-0.25, -0.2) is 9.18 Å². The molecule has 0 spiro atoms. The van der Waals surface area contributed by atoms with Crippen LogP contribution in [0.4, 0.5) is 10.1 Å². The molecule has 2 rings (SSSR count). The predicted molar refractivity (Wildman–Crippen MR) is 92.1 cm³/mol. The second kappa shape index (κ2) is 8.82. The van der Waals surface area contributed by atoms with Crippen molar-refractivity contribution in [3.8, 4) is 5.75 Å². The zero-order chi connectivity index (χ0) is 18.2. The van der Waals surface area contributed by atoms with Gasteiger partial charge in [0.2, 0.25) is 5.91 Å². The second-order valence-corrected chi connectivity index (χ2v) is 5.47. The number of rotatable bonds is 7. The maximum atomic E-state index is 13.1. The molecule has 0 radical (unpaired) electrons. The van der Waals surface area contributed by atoms with Gasteiger partial charge in [-0.05, 0) is 37.3 Å². The highest BCUT2D eigenvalue weighted by molar-refractivity contribution is 5.94. The maximum absolute atomic E-state index is 13.1. The number of hydrogen-bond donors (Lipinski definition) is 1. The average Bonchev–Trinajstić information content (AvgIpc) is 2.60. The molecule has 1 atom stereocenters. The van der Waals surface area contributed by atoms with Gasteiger partial charge in [-0.2, -0.15) is 0 Å². The molecule has 25 heavy (non-hydrogen) atoms. The lowest BCUT2D eigenvalue weighted by atomic mass is 10.2. The van der Waals surface area contributed by atoms with Gasteiger partial charge in [0.05, 0.1) is 5.56 Å². The molecule has 6 heteroatoms. The van der Waals surface area contributed by atoms with Crippen LogP contribution in [0.15, 0.2) is 48.5 Å². The first kappa shape index (κ1) is 18.4. The summed E-state index contributed by atoms with van der Waals surface area (Å²) in [5.41, 5.74) is 0.858. The Morgan fingerprint density at radius 2 is 1.92 bits per heavy atom. The minimum absolute atomic E-state index is 0.0987. The van der Waals surface area contributed by atoms with Crippen molar-refractivity contribution in [1.82, 2.24) is 0 Å². The molecule has 1 N–H and O–H groups in total. The lowest BCUT2D eigenvalue weighted by molar-refractivity contribution is -0.115. The molecule has 5 nitrogen and oxygen atoms in total. The fourth-order valence-corrected chi connectivity index (χ4v) is 2.03. The summed E-state index contributed by atoms with van der Waals surface area (Å²) >= 11 is 0. The van der Waals surface area contributed by atoms with Gasteiger partial charge < -0.3 is 14.8 Å². The number of hydrogen-bond acceptors (Lipinski definition) is 4. The first-order valence-electron chi connectivity index (χ1n) is 7.97. The van der Waals surface area contributed by atoms with Crippen LogP contribution in [0.5, 0.6) is 5.75 Å². The van der Waals surface area contributed by atoms with Gasteiger partial charge >= 0.3 is 5.97 Å². The summed E-state index contributed by atoms with van der Waals surface area (Å²) < 4.78 is 23.8. The normalized spacial score (nSPS) is 11.5. The third-order valence-corrected chi connectivity index (χ3v) is 3.29. The Morgan fingerprint density at radius 3 is 2.64 bits per heavy atom.